The lowest BCUT2D eigenvalue weighted by atomic mass is 9.86. The Kier molecular flexibility index (Phi) is 9.40. The minimum atomic E-state index is -0.923. The third-order valence-corrected chi connectivity index (χ3v) is 9.23. The molecule has 3 amide bonds. The van der Waals surface area contributed by atoms with Gasteiger partial charge in [-0.2, -0.15) is 0 Å². The van der Waals surface area contributed by atoms with Crippen LogP contribution in [0.3, 0.4) is 0 Å². The van der Waals surface area contributed by atoms with E-state index in [0.29, 0.717) is 31.1 Å². The number of likely N-dealkylation sites (tertiary alicyclic amines) is 2. The van der Waals surface area contributed by atoms with E-state index < -0.39 is 17.4 Å². The lowest BCUT2D eigenvalue weighted by Crippen LogP contribution is -2.51. The molecule has 0 radical (unpaired) electrons. The second-order valence-electron chi connectivity index (χ2n) is 12.1. The highest BCUT2D eigenvalue weighted by atomic mass is 35.5. The Morgan fingerprint density at radius 1 is 0.957 bits per heavy atom. The Hall–Kier alpha value is -4.63. The van der Waals surface area contributed by atoms with Crippen LogP contribution in [0.15, 0.2) is 82.0 Å². The number of rotatable bonds is 8. The number of halogens is 1. The Morgan fingerprint density at radius 2 is 1.72 bits per heavy atom. The average molecular weight is 642 g/mol. The SMILES string of the molecule is O=C(N[C@@H](Cc1ccc(Cl)cc1)C(=O)N1CCC(c2ccccc2CN2CCCCC2=O)CC1)c1cc(=O)c2ccc(O)cc2o1. The molecule has 2 aliphatic heterocycles. The number of aromatic hydroxyl groups is 1. The van der Waals surface area contributed by atoms with Crippen LogP contribution in [-0.2, 0) is 22.6 Å². The first-order valence-electron chi connectivity index (χ1n) is 15.7. The zero-order chi connectivity index (χ0) is 32.2. The number of hydrogen-bond donors (Lipinski definition) is 2. The Bertz CT molecular complexity index is 1810. The van der Waals surface area contributed by atoms with E-state index in [1.54, 1.807) is 17.0 Å². The minimum absolute atomic E-state index is 0.0743. The van der Waals surface area contributed by atoms with Gasteiger partial charge in [0.25, 0.3) is 5.91 Å². The highest BCUT2D eigenvalue weighted by molar-refractivity contribution is 6.30. The number of hydrogen-bond acceptors (Lipinski definition) is 6. The van der Waals surface area contributed by atoms with Crippen molar-refractivity contribution in [3.05, 3.63) is 110 Å². The molecular formula is C36H36ClN3O6. The van der Waals surface area contributed by atoms with Crippen molar-refractivity contribution in [2.75, 3.05) is 19.6 Å². The van der Waals surface area contributed by atoms with E-state index in [0.717, 1.165) is 49.4 Å². The van der Waals surface area contributed by atoms with E-state index in [2.05, 4.69) is 17.4 Å². The lowest BCUT2D eigenvalue weighted by Gasteiger charge is -2.36. The van der Waals surface area contributed by atoms with Gasteiger partial charge >= 0.3 is 0 Å². The van der Waals surface area contributed by atoms with Crippen LogP contribution >= 0.6 is 11.6 Å². The number of phenolic OH excluding ortho intramolecular Hbond substituents is 1. The summed E-state index contributed by atoms with van der Waals surface area (Å²) in [5, 5.41) is 13.4. The first-order chi connectivity index (χ1) is 22.2. The van der Waals surface area contributed by atoms with Crippen molar-refractivity contribution >= 4 is 40.3 Å². The van der Waals surface area contributed by atoms with Gasteiger partial charge in [0.05, 0.1) is 5.39 Å². The molecule has 3 heterocycles. The van der Waals surface area contributed by atoms with E-state index >= 15 is 0 Å². The Morgan fingerprint density at radius 3 is 2.48 bits per heavy atom. The van der Waals surface area contributed by atoms with Crippen molar-refractivity contribution in [3.8, 4) is 5.75 Å². The predicted octanol–water partition coefficient (Wildman–Crippen LogP) is 5.41. The number of piperidine rings is 2. The average Bonchev–Trinajstić information content (AvgIpc) is 3.06. The number of nitrogens with one attached hydrogen (secondary N) is 1. The normalized spacial score (nSPS) is 16.4. The standard InChI is InChI=1S/C36H36ClN3O6/c37-26-10-8-23(9-11-26)19-30(38-35(44)33-21-31(42)29-13-12-27(41)20-32(29)46-33)36(45)39-17-14-24(15-18-39)28-6-2-1-5-25(28)22-40-16-4-3-7-34(40)43/h1-2,5-6,8-13,20-21,24,30,41H,3-4,7,14-19,22H2,(H,38,44)/t30-/m0/s1. The van der Waals surface area contributed by atoms with Crippen molar-refractivity contribution in [1.29, 1.82) is 0 Å². The van der Waals surface area contributed by atoms with Gasteiger partial charge in [0.1, 0.15) is 17.4 Å². The summed E-state index contributed by atoms with van der Waals surface area (Å²) in [5.74, 6) is -0.834. The molecule has 6 rings (SSSR count). The molecule has 2 saturated heterocycles. The van der Waals surface area contributed by atoms with E-state index in [-0.39, 0.29) is 46.6 Å². The molecule has 4 aromatic rings. The first-order valence-corrected chi connectivity index (χ1v) is 16.1. The molecule has 2 aliphatic rings. The van der Waals surface area contributed by atoms with Crippen LogP contribution in [0.1, 0.15) is 65.3 Å². The zero-order valence-corrected chi connectivity index (χ0v) is 26.2. The second kappa shape index (κ2) is 13.8. The third-order valence-electron chi connectivity index (χ3n) is 8.98. The van der Waals surface area contributed by atoms with Gasteiger partial charge in [-0.15, -0.1) is 0 Å². The van der Waals surface area contributed by atoms with Crippen LogP contribution in [0.2, 0.25) is 5.02 Å². The van der Waals surface area contributed by atoms with Gasteiger partial charge in [0.2, 0.25) is 11.8 Å². The number of fused-ring (bicyclic) bond motifs is 1. The van der Waals surface area contributed by atoms with Crippen LogP contribution in [-0.4, -0.2) is 58.3 Å². The molecule has 2 N–H and O–H groups in total. The fraction of sp³-hybridized carbons (Fsp3) is 0.333. The fourth-order valence-electron chi connectivity index (χ4n) is 6.48. The molecule has 238 valence electrons. The lowest BCUT2D eigenvalue weighted by molar-refractivity contribution is -0.135. The van der Waals surface area contributed by atoms with E-state index in [9.17, 15) is 24.3 Å². The number of carbonyl (C=O) groups excluding carboxylic acids is 3. The van der Waals surface area contributed by atoms with E-state index in [1.165, 1.54) is 23.8 Å². The van der Waals surface area contributed by atoms with Gasteiger partial charge in [0.15, 0.2) is 11.2 Å². The van der Waals surface area contributed by atoms with E-state index in [4.69, 9.17) is 16.0 Å². The topological polar surface area (TPSA) is 120 Å². The molecule has 1 aromatic heterocycles. The van der Waals surface area contributed by atoms with Crippen LogP contribution < -0.4 is 10.7 Å². The monoisotopic (exact) mass is 641 g/mol. The molecule has 9 nitrogen and oxygen atoms in total. The summed E-state index contributed by atoms with van der Waals surface area (Å²) in [6, 6.07) is 19.6. The highest BCUT2D eigenvalue weighted by Crippen LogP contribution is 2.32. The van der Waals surface area contributed by atoms with Crippen LogP contribution in [0.4, 0.5) is 0 Å². The van der Waals surface area contributed by atoms with Crippen molar-refractivity contribution in [3.63, 3.8) is 0 Å². The second-order valence-corrected chi connectivity index (χ2v) is 12.5. The first kappa shape index (κ1) is 31.4. The number of amides is 3. The smallest absolute Gasteiger partial charge is 0.287 e. The molecule has 0 bridgehead atoms. The largest absolute Gasteiger partial charge is 0.508 e. The van der Waals surface area contributed by atoms with Crippen molar-refractivity contribution in [2.24, 2.45) is 0 Å². The summed E-state index contributed by atoms with van der Waals surface area (Å²) < 4.78 is 5.67. The Labute approximate surface area is 271 Å². The van der Waals surface area contributed by atoms with Crippen molar-refractivity contribution in [2.45, 2.75) is 57.0 Å². The van der Waals surface area contributed by atoms with E-state index in [1.807, 2.05) is 29.2 Å². The maximum atomic E-state index is 14.0. The molecule has 3 aromatic carbocycles. The fourth-order valence-corrected chi connectivity index (χ4v) is 6.61. The quantitative estimate of drug-likeness (QED) is 0.265. The van der Waals surface area contributed by atoms with Gasteiger partial charge in [-0.05, 0) is 72.6 Å². The number of benzene rings is 3. The maximum Gasteiger partial charge on any atom is 0.287 e. The predicted molar refractivity (Wildman–Crippen MR) is 175 cm³/mol. The molecule has 46 heavy (non-hydrogen) atoms. The molecular weight excluding hydrogens is 606 g/mol. The Balaban J connectivity index is 1.18. The summed E-state index contributed by atoms with van der Waals surface area (Å²) in [4.78, 5) is 56.3. The van der Waals surface area contributed by atoms with Gasteiger partial charge in [0, 0.05) is 56.2 Å². The number of phenols is 1. The maximum absolute atomic E-state index is 14.0. The van der Waals surface area contributed by atoms with Crippen LogP contribution in [0, 0.1) is 0 Å². The van der Waals surface area contributed by atoms with Crippen molar-refractivity contribution in [1.82, 2.24) is 15.1 Å². The number of nitrogens with zero attached hydrogens (tertiary/aromatic N) is 2. The van der Waals surface area contributed by atoms with Crippen LogP contribution in [0.25, 0.3) is 11.0 Å². The van der Waals surface area contributed by atoms with Crippen LogP contribution in [0.5, 0.6) is 5.75 Å². The summed E-state index contributed by atoms with van der Waals surface area (Å²) in [6.07, 6.45) is 4.30. The minimum Gasteiger partial charge on any atom is -0.508 e. The molecule has 0 spiro atoms. The number of carbonyl (C=O) groups is 3. The van der Waals surface area contributed by atoms with Gasteiger partial charge < -0.3 is 24.6 Å². The summed E-state index contributed by atoms with van der Waals surface area (Å²) >= 11 is 6.08. The molecule has 2 fully saturated rings. The summed E-state index contributed by atoms with van der Waals surface area (Å²) in [7, 11) is 0. The zero-order valence-electron chi connectivity index (χ0n) is 25.4. The molecule has 1 atom stereocenters. The highest BCUT2D eigenvalue weighted by Gasteiger charge is 2.32. The van der Waals surface area contributed by atoms with Gasteiger partial charge in [-0.1, -0.05) is 48.0 Å². The molecule has 0 saturated carbocycles. The molecule has 0 unspecified atom stereocenters. The van der Waals surface area contributed by atoms with Gasteiger partial charge in [-0.25, -0.2) is 0 Å². The summed E-state index contributed by atoms with van der Waals surface area (Å²) in [5.41, 5.74) is 2.82. The van der Waals surface area contributed by atoms with Gasteiger partial charge in [-0.3, -0.25) is 19.2 Å². The molecule has 0 aliphatic carbocycles. The molecule has 10 heteroatoms. The third kappa shape index (κ3) is 7.10. The van der Waals surface area contributed by atoms with Crippen molar-refractivity contribution < 1.29 is 23.9 Å². The summed E-state index contributed by atoms with van der Waals surface area (Å²) in [6.45, 7) is 2.41.